The van der Waals surface area contributed by atoms with Gasteiger partial charge < -0.3 is 4.57 Å². The second kappa shape index (κ2) is 4.35. The molecule has 2 heterocycles. The van der Waals surface area contributed by atoms with Gasteiger partial charge in [-0.1, -0.05) is 23.7 Å². The van der Waals surface area contributed by atoms with Crippen molar-refractivity contribution in [3.8, 4) is 16.9 Å². The Kier molecular flexibility index (Phi) is 2.68. The first-order valence-corrected chi connectivity index (χ1v) is 6.08. The van der Waals surface area contributed by atoms with Gasteiger partial charge in [0.2, 0.25) is 0 Å². The Balaban J connectivity index is 2.17. The van der Waals surface area contributed by atoms with E-state index in [2.05, 4.69) is 10.2 Å². The number of aryl methyl sites for hydroxylation is 1. The first-order chi connectivity index (χ1) is 8.75. The molecule has 0 radical (unpaired) electrons. The van der Waals surface area contributed by atoms with Gasteiger partial charge in [-0.05, 0) is 36.8 Å². The summed E-state index contributed by atoms with van der Waals surface area (Å²) in [6, 6.07) is 11.8. The van der Waals surface area contributed by atoms with Crippen molar-refractivity contribution in [2.75, 3.05) is 0 Å². The van der Waals surface area contributed by atoms with Crippen LogP contribution in [0.4, 0.5) is 0 Å². The molecule has 0 aliphatic heterocycles. The third kappa shape index (κ3) is 1.83. The fourth-order valence-corrected chi connectivity index (χ4v) is 2.17. The van der Waals surface area contributed by atoms with Gasteiger partial charge in [-0.15, -0.1) is 0 Å². The number of aromatic amines is 1. The molecule has 0 saturated heterocycles. The van der Waals surface area contributed by atoms with Crippen LogP contribution in [0.1, 0.15) is 5.69 Å². The number of H-pyrrole nitrogens is 1. The van der Waals surface area contributed by atoms with Crippen LogP contribution in [-0.2, 0) is 0 Å². The van der Waals surface area contributed by atoms with E-state index >= 15 is 0 Å². The highest BCUT2D eigenvalue weighted by Gasteiger charge is 2.13. The second-order valence-electron chi connectivity index (χ2n) is 4.14. The lowest BCUT2D eigenvalue weighted by atomic mass is 10.1. The van der Waals surface area contributed by atoms with Crippen LogP contribution in [0.5, 0.6) is 0 Å². The van der Waals surface area contributed by atoms with E-state index in [0.717, 1.165) is 27.7 Å². The Hall–Kier alpha value is -2.00. The summed E-state index contributed by atoms with van der Waals surface area (Å²) < 4.78 is 1.99. The van der Waals surface area contributed by atoms with E-state index in [9.17, 15) is 0 Å². The average molecular weight is 258 g/mol. The van der Waals surface area contributed by atoms with Crippen molar-refractivity contribution >= 4 is 11.6 Å². The Labute approximate surface area is 110 Å². The fraction of sp³-hybridized carbons (Fsp3) is 0.0714. The van der Waals surface area contributed by atoms with E-state index in [4.69, 9.17) is 11.6 Å². The van der Waals surface area contributed by atoms with E-state index < -0.39 is 0 Å². The van der Waals surface area contributed by atoms with Gasteiger partial charge in [0.15, 0.2) is 5.82 Å². The van der Waals surface area contributed by atoms with Crippen molar-refractivity contribution in [1.29, 1.82) is 0 Å². The van der Waals surface area contributed by atoms with Gasteiger partial charge in [0, 0.05) is 28.7 Å². The highest BCUT2D eigenvalue weighted by molar-refractivity contribution is 6.30. The SMILES string of the molecule is Cc1[nH]nc(-n2cccc2)c1-c1ccc(Cl)cc1. The maximum atomic E-state index is 5.92. The number of benzene rings is 1. The van der Waals surface area contributed by atoms with Gasteiger partial charge in [-0.3, -0.25) is 5.10 Å². The van der Waals surface area contributed by atoms with Crippen LogP contribution < -0.4 is 0 Å². The van der Waals surface area contributed by atoms with Crippen molar-refractivity contribution in [2.24, 2.45) is 0 Å². The van der Waals surface area contributed by atoms with Gasteiger partial charge in [0.05, 0.1) is 0 Å². The number of hydrogen-bond donors (Lipinski definition) is 1. The van der Waals surface area contributed by atoms with Gasteiger partial charge in [-0.25, -0.2) is 0 Å². The molecule has 3 nitrogen and oxygen atoms in total. The average Bonchev–Trinajstić information content (AvgIpc) is 2.99. The number of hydrogen-bond acceptors (Lipinski definition) is 1. The smallest absolute Gasteiger partial charge is 0.166 e. The number of nitrogens with zero attached hydrogens (tertiary/aromatic N) is 2. The molecule has 0 spiro atoms. The van der Waals surface area contributed by atoms with Crippen LogP contribution >= 0.6 is 11.6 Å². The van der Waals surface area contributed by atoms with Crippen molar-refractivity contribution in [2.45, 2.75) is 6.92 Å². The Bertz CT molecular complexity index is 651. The summed E-state index contributed by atoms with van der Waals surface area (Å²) in [5.41, 5.74) is 3.25. The maximum Gasteiger partial charge on any atom is 0.166 e. The first kappa shape index (κ1) is 11.1. The van der Waals surface area contributed by atoms with Gasteiger partial charge in [-0.2, -0.15) is 5.10 Å². The zero-order valence-electron chi connectivity index (χ0n) is 9.89. The van der Waals surface area contributed by atoms with Crippen molar-refractivity contribution in [1.82, 2.24) is 14.8 Å². The summed E-state index contributed by atoms with van der Waals surface area (Å²) in [6.07, 6.45) is 3.96. The topological polar surface area (TPSA) is 33.6 Å². The molecule has 3 rings (SSSR count). The monoisotopic (exact) mass is 257 g/mol. The van der Waals surface area contributed by atoms with Crippen LogP contribution in [0.2, 0.25) is 5.02 Å². The predicted molar refractivity (Wildman–Crippen MR) is 73.1 cm³/mol. The number of halogens is 1. The van der Waals surface area contributed by atoms with Crippen LogP contribution in [0, 0.1) is 6.92 Å². The van der Waals surface area contributed by atoms with Gasteiger partial charge >= 0.3 is 0 Å². The Morgan fingerprint density at radius 2 is 1.78 bits per heavy atom. The molecular formula is C14H12ClN3. The molecule has 90 valence electrons. The van der Waals surface area contributed by atoms with Crippen molar-refractivity contribution in [3.63, 3.8) is 0 Å². The Morgan fingerprint density at radius 3 is 2.44 bits per heavy atom. The zero-order chi connectivity index (χ0) is 12.5. The van der Waals surface area contributed by atoms with E-state index in [1.54, 1.807) is 0 Å². The van der Waals surface area contributed by atoms with Crippen LogP contribution in [0.3, 0.4) is 0 Å². The molecule has 2 aromatic heterocycles. The summed E-state index contributed by atoms with van der Waals surface area (Å²) in [6.45, 7) is 2.02. The molecule has 0 aliphatic carbocycles. The summed E-state index contributed by atoms with van der Waals surface area (Å²) in [4.78, 5) is 0. The summed E-state index contributed by atoms with van der Waals surface area (Å²) >= 11 is 5.92. The molecular weight excluding hydrogens is 246 g/mol. The normalized spacial score (nSPS) is 10.8. The van der Waals surface area contributed by atoms with Gasteiger partial charge in [0.1, 0.15) is 0 Å². The molecule has 0 fully saturated rings. The number of aromatic nitrogens is 3. The number of rotatable bonds is 2. The minimum absolute atomic E-state index is 0.738. The molecule has 0 saturated carbocycles. The molecule has 18 heavy (non-hydrogen) atoms. The van der Waals surface area contributed by atoms with Crippen LogP contribution in [0.25, 0.3) is 16.9 Å². The van der Waals surface area contributed by atoms with E-state index in [0.29, 0.717) is 0 Å². The fourth-order valence-electron chi connectivity index (χ4n) is 2.04. The van der Waals surface area contributed by atoms with E-state index in [-0.39, 0.29) is 0 Å². The molecule has 0 unspecified atom stereocenters. The minimum atomic E-state index is 0.738. The lowest BCUT2D eigenvalue weighted by molar-refractivity contribution is 0.956. The molecule has 0 bridgehead atoms. The third-order valence-electron chi connectivity index (χ3n) is 2.91. The van der Waals surface area contributed by atoms with E-state index in [1.807, 2.05) is 60.3 Å². The highest BCUT2D eigenvalue weighted by Crippen LogP contribution is 2.29. The molecule has 1 N–H and O–H groups in total. The third-order valence-corrected chi connectivity index (χ3v) is 3.16. The molecule has 0 atom stereocenters. The van der Waals surface area contributed by atoms with Crippen molar-refractivity contribution < 1.29 is 0 Å². The standard InChI is InChI=1S/C14H12ClN3/c1-10-13(11-4-6-12(15)7-5-11)14(17-16-10)18-8-2-3-9-18/h2-9H,1H3,(H,16,17). The van der Waals surface area contributed by atoms with E-state index in [1.165, 1.54) is 0 Å². The van der Waals surface area contributed by atoms with Crippen LogP contribution in [0.15, 0.2) is 48.8 Å². The number of nitrogens with one attached hydrogen (secondary N) is 1. The van der Waals surface area contributed by atoms with Gasteiger partial charge in [0.25, 0.3) is 0 Å². The quantitative estimate of drug-likeness (QED) is 0.744. The zero-order valence-corrected chi connectivity index (χ0v) is 10.6. The minimum Gasteiger partial charge on any atom is -0.307 e. The Morgan fingerprint density at radius 1 is 1.11 bits per heavy atom. The first-order valence-electron chi connectivity index (χ1n) is 5.70. The predicted octanol–water partition coefficient (Wildman–Crippen LogP) is 3.83. The summed E-state index contributed by atoms with van der Waals surface area (Å²) in [5, 5.41) is 8.14. The highest BCUT2D eigenvalue weighted by atomic mass is 35.5. The largest absolute Gasteiger partial charge is 0.307 e. The molecule has 0 aliphatic rings. The lowest BCUT2D eigenvalue weighted by Crippen LogP contribution is -1.93. The summed E-state index contributed by atoms with van der Waals surface area (Å²) in [5.74, 6) is 0.903. The molecule has 0 amide bonds. The molecule has 1 aromatic carbocycles. The summed E-state index contributed by atoms with van der Waals surface area (Å²) in [7, 11) is 0. The molecule has 3 aromatic rings. The van der Waals surface area contributed by atoms with Crippen molar-refractivity contribution in [3.05, 3.63) is 59.5 Å². The molecule has 4 heteroatoms. The lowest BCUT2D eigenvalue weighted by Gasteiger charge is -2.05. The maximum absolute atomic E-state index is 5.92. The second-order valence-corrected chi connectivity index (χ2v) is 4.58. The van der Waals surface area contributed by atoms with Crippen LogP contribution in [-0.4, -0.2) is 14.8 Å².